The number of nitrogens with zero attached hydrogens (tertiary/aromatic N) is 2. The van der Waals surface area contributed by atoms with Gasteiger partial charge >= 0.3 is 0 Å². The van der Waals surface area contributed by atoms with Crippen LogP contribution in [0.5, 0.6) is 11.5 Å². The number of hydrogen-bond donors (Lipinski definition) is 1. The summed E-state index contributed by atoms with van der Waals surface area (Å²) in [6.45, 7) is 5.07. The Morgan fingerprint density at radius 1 is 1.15 bits per heavy atom. The third kappa shape index (κ3) is 3.60. The Bertz CT molecular complexity index is 578. The fourth-order valence-corrected chi connectivity index (χ4v) is 1.99. The van der Waals surface area contributed by atoms with Crippen molar-refractivity contribution in [1.82, 2.24) is 9.97 Å². The summed E-state index contributed by atoms with van der Waals surface area (Å²) in [4.78, 5) is 8.10. The summed E-state index contributed by atoms with van der Waals surface area (Å²) in [5, 5.41) is 3.21. The lowest BCUT2D eigenvalue weighted by Gasteiger charge is -2.13. The molecule has 0 fully saturated rings. The monoisotopic (exact) mass is 337 g/mol. The second-order valence-corrected chi connectivity index (χ2v) is 4.73. The number of ether oxygens (including phenoxy) is 2. The van der Waals surface area contributed by atoms with Crippen molar-refractivity contribution in [3.8, 4) is 11.5 Å². The van der Waals surface area contributed by atoms with Gasteiger partial charge in [-0.15, -0.1) is 0 Å². The summed E-state index contributed by atoms with van der Waals surface area (Å²) in [5.41, 5.74) is 0.872. The second-order valence-electron chi connectivity index (χ2n) is 3.87. The highest BCUT2D eigenvalue weighted by Gasteiger charge is 2.08. The Morgan fingerprint density at radius 3 is 2.60 bits per heavy atom. The molecule has 0 amide bonds. The van der Waals surface area contributed by atoms with Crippen LogP contribution in [0.1, 0.15) is 13.8 Å². The lowest BCUT2D eigenvalue weighted by atomic mass is 10.2. The lowest BCUT2D eigenvalue weighted by Crippen LogP contribution is -2.00. The molecule has 1 N–H and O–H groups in total. The maximum atomic E-state index is 5.59. The number of nitrogens with one attached hydrogen (secondary N) is 1. The molecular weight excluding hydrogens is 322 g/mol. The Labute approximate surface area is 126 Å². The van der Waals surface area contributed by atoms with Gasteiger partial charge in [-0.05, 0) is 41.9 Å². The maximum absolute atomic E-state index is 5.59. The Morgan fingerprint density at radius 2 is 1.90 bits per heavy atom. The van der Waals surface area contributed by atoms with E-state index in [2.05, 4.69) is 31.2 Å². The van der Waals surface area contributed by atoms with E-state index in [1.54, 1.807) is 6.20 Å². The summed E-state index contributed by atoms with van der Waals surface area (Å²) < 4.78 is 11.9. The Balaban J connectivity index is 2.24. The molecule has 0 bridgehead atoms. The van der Waals surface area contributed by atoms with Crippen LogP contribution in [0.2, 0.25) is 0 Å². The predicted octanol–water partition coefficient (Wildman–Crippen LogP) is 3.78. The first kappa shape index (κ1) is 14.6. The first-order valence-electron chi connectivity index (χ1n) is 6.36. The largest absolute Gasteiger partial charge is 0.490 e. The molecule has 0 radical (unpaired) electrons. The fraction of sp³-hybridized carbons (Fsp3) is 0.286. The number of halogens is 1. The molecule has 0 aliphatic rings. The highest BCUT2D eigenvalue weighted by molar-refractivity contribution is 9.10. The van der Waals surface area contributed by atoms with Gasteiger partial charge in [0.15, 0.2) is 11.5 Å². The summed E-state index contributed by atoms with van der Waals surface area (Å²) in [7, 11) is 0. The van der Waals surface area contributed by atoms with E-state index in [0.29, 0.717) is 24.8 Å². The van der Waals surface area contributed by atoms with Crippen molar-refractivity contribution in [1.29, 1.82) is 0 Å². The van der Waals surface area contributed by atoms with Crippen LogP contribution >= 0.6 is 15.9 Å². The quantitative estimate of drug-likeness (QED) is 0.869. The Kier molecular flexibility index (Phi) is 5.17. The highest BCUT2D eigenvalue weighted by Crippen LogP contribution is 2.32. The average molecular weight is 338 g/mol. The maximum Gasteiger partial charge on any atom is 0.163 e. The topological polar surface area (TPSA) is 56.3 Å². The van der Waals surface area contributed by atoms with Crippen molar-refractivity contribution in [3.63, 3.8) is 0 Å². The molecule has 0 unspecified atom stereocenters. The molecule has 0 aliphatic heterocycles. The van der Waals surface area contributed by atoms with Gasteiger partial charge in [0.05, 0.1) is 17.7 Å². The molecule has 2 rings (SSSR count). The van der Waals surface area contributed by atoms with Gasteiger partial charge in [-0.2, -0.15) is 0 Å². The highest BCUT2D eigenvalue weighted by atomic mass is 79.9. The van der Waals surface area contributed by atoms with Gasteiger partial charge in [-0.1, -0.05) is 0 Å². The van der Waals surface area contributed by atoms with Gasteiger partial charge in [0, 0.05) is 18.0 Å². The van der Waals surface area contributed by atoms with Gasteiger partial charge < -0.3 is 14.8 Å². The minimum Gasteiger partial charge on any atom is -0.490 e. The van der Waals surface area contributed by atoms with Crippen LogP contribution in [-0.4, -0.2) is 23.2 Å². The van der Waals surface area contributed by atoms with E-state index in [1.807, 2.05) is 32.0 Å². The molecule has 1 heterocycles. The third-order valence-electron chi connectivity index (χ3n) is 2.47. The molecule has 5 nitrogen and oxygen atoms in total. The Hall–Kier alpha value is -1.82. The van der Waals surface area contributed by atoms with Gasteiger partial charge in [0.2, 0.25) is 0 Å². The number of anilines is 2. The van der Waals surface area contributed by atoms with Gasteiger partial charge in [-0.3, -0.25) is 0 Å². The van der Waals surface area contributed by atoms with Crippen molar-refractivity contribution in [2.45, 2.75) is 13.8 Å². The van der Waals surface area contributed by atoms with Crippen LogP contribution in [0, 0.1) is 0 Å². The van der Waals surface area contributed by atoms with E-state index in [1.165, 1.54) is 6.33 Å². The molecule has 1 aromatic carbocycles. The molecular formula is C14H16BrN3O2. The fourth-order valence-electron chi connectivity index (χ4n) is 1.67. The SMILES string of the molecule is CCOc1ccc(Nc2ncncc2Br)cc1OCC. The summed E-state index contributed by atoms with van der Waals surface area (Å²) >= 11 is 3.40. The summed E-state index contributed by atoms with van der Waals surface area (Å²) in [5.74, 6) is 2.15. The molecule has 2 aromatic rings. The lowest BCUT2D eigenvalue weighted by molar-refractivity contribution is 0.288. The third-order valence-corrected chi connectivity index (χ3v) is 3.05. The molecule has 1 aromatic heterocycles. The summed E-state index contributed by atoms with van der Waals surface area (Å²) in [6, 6.07) is 5.69. The minimum absolute atomic E-state index is 0.584. The molecule has 0 atom stereocenters. The van der Waals surface area contributed by atoms with Gasteiger partial charge in [0.1, 0.15) is 12.1 Å². The first-order chi connectivity index (χ1) is 9.74. The van der Waals surface area contributed by atoms with Crippen molar-refractivity contribution < 1.29 is 9.47 Å². The van der Waals surface area contributed by atoms with E-state index in [0.717, 1.165) is 15.9 Å². The minimum atomic E-state index is 0.584. The molecule has 0 spiro atoms. The van der Waals surface area contributed by atoms with E-state index >= 15 is 0 Å². The van der Waals surface area contributed by atoms with Crippen LogP contribution < -0.4 is 14.8 Å². The van der Waals surface area contributed by atoms with E-state index in [-0.39, 0.29) is 0 Å². The second kappa shape index (κ2) is 7.09. The van der Waals surface area contributed by atoms with Crippen LogP contribution in [0.3, 0.4) is 0 Å². The van der Waals surface area contributed by atoms with E-state index in [4.69, 9.17) is 9.47 Å². The van der Waals surface area contributed by atoms with Crippen LogP contribution in [0.4, 0.5) is 11.5 Å². The van der Waals surface area contributed by atoms with Crippen LogP contribution in [0.15, 0.2) is 35.2 Å². The van der Waals surface area contributed by atoms with E-state index in [9.17, 15) is 0 Å². The number of aromatic nitrogens is 2. The molecule has 6 heteroatoms. The standard InChI is InChI=1S/C14H16BrN3O2/c1-3-19-12-6-5-10(7-13(12)20-4-2)18-14-11(15)8-16-9-17-14/h5-9H,3-4H2,1-2H3,(H,16,17,18). The average Bonchev–Trinajstić information content (AvgIpc) is 2.45. The molecule has 20 heavy (non-hydrogen) atoms. The van der Waals surface area contributed by atoms with Crippen molar-refractivity contribution in [2.75, 3.05) is 18.5 Å². The van der Waals surface area contributed by atoms with Crippen molar-refractivity contribution in [2.24, 2.45) is 0 Å². The number of hydrogen-bond acceptors (Lipinski definition) is 5. The van der Waals surface area contributed by atoms with Crippen molar-refractivity contribution >= 4 is 27.4 Å². The number of rotatable bonds is 6. The molecule has 106 valence electrons. The van der Waals surface area contributed by atoms with E-state index < -0.39 is 0 Å². The summed E-state index contributed by atoms with van der Waals surface area (Å²) in [6.07, 6.45) is 3.18. The van der Waals surface area contributed by atoms with Crippen LogP contribution in [-0.2, 0) is 0 Å². The zero-order chi connectivity index (χ0) is 14.4. The zero-order valence-electron chi connectivity index (χ0n) is 11.4. The molecule has 0 saturated heterocycles. The van der Waals surface area contributed by atoms with Crippen LogP contribution in [0.25, 0.3) is 0 Å². The predicted molar refractivity (Wildman–Crippen MR) is 81.8 cm³/mol. The smallest absolute Gasteiger partial charge is 0.163 e. The van der Waals surface area contributed by atoms with Crippen molar-refractivity contribution in [3.05, 3.63) is 35.2 Å². The molecule has 0 aliphatic carbocycles. The zero-order valence-corrected chi connectivity index (χ0v) is 13.0. The van der Waals surface area contributed by atoms with Gasteiger partial charge in [-0.25, -0.2) is 9.97 Å². The normalized spacial score (nSPS) is 10.2. The first-order valence-corrected chi connectivity index (χ1v) is 7.16. The van der Waals surface area contributed by atoms with Gasteiger partial charge in [0.25, 0.3) is 0 Å². The number of benzene rings is 1. The molecule has 0 saturated carbocycles.